The van der Waals surface area contributed by atoms with Crippen molar-refractivity contribution in [1.29, 1.82) is 0 Å². The quantitative estimate of drug-likeness (QED) is 0.752. The fourth-order valence-corrected chi connectivity index (χ4v) is 3.22. The Labute approximate surface area is 111 Å². The minimum atomic E-state index is 0.197. The average Bonchev–Trinajstić information content (AvgIpc) is 2.22. The molecule has 0 aliphatic carbocycles. The van der Waals surface area contributed by atoms with Crippen LogP contribution in [0.2, 0.25) is 5.02 Å². The van der Waals surface area contributed by atoms with Gasteiger partial charge in [-0.1, -0.05) is 48.3 Å². The summed E-state index contributed by atoms with van der Waals surface area (Å²) in [4.78, 5) is 0. The Kier molecular flexibility index (Phi) is 3.35. The summed E-state index contributed by atoms with van der Waals surface area (Å²) in [6, 6.07) is 4.40. The van der Waals surface area contributed by atoms with E-state index in [2.05, 4.69) is 42.0 Å². The fraction of sp³-hybridized carbons (Fsp3) is 0.538. The van der Waals surface area contributed by atoms with E-state index in [0.29, 0.717) is 6.04 Å². The number of hydrogen-bond donors (Lipinski definition) is 1. The lowest BCUT2D eigenvalue weighted by Gasteiger charge is -2.37. The van der Waals surface area contributed by atoms with Crippen molar-refractivity contribution in [1.82, 2.24) is 5.32 Å². The van der Waals surface area contributed by atoms with Crippen LogP contribution in [0, 0.1) is 5.41 Å². The van der Waals surface area contributed by atoms with Crippen molar-refractivity contribution in [2.75, 3.05) is 6.54 Å². The van der Waals surface area contributed by atoms with Crippen LogP contribution in [0.1, 0.15) is 37.9 Å². The van der Waals surface area contributed by atoms with Gasteiger partial charge in [0.05, 0.1) is 0 Å². The molecule has 0 spiro atoms. The molecule has 1 heterocycles. The zero-order chi connectivity index (χ0) is 11.9. The van der Waals surface area contributed by atoms with E-state index < -0.39 is 0 Å². The monoisotopic (exact) mass is 301 g/mol. The van der Waals surface area contributed by atoms with E-state index >= 15 is 0 Å². The third-order valence-corrected chi connectivity index (χ3v) is 4.17. The van der Waals surface area contributed by atoms with Crippen LogP contribution in [0.15, 0.2) is 16.6 Å². The average molecular weight is 303 g/mol. The molecule has 3 heteroatoms. The van der Waals surface area contributed by atoms with Crippen LogP contribution in [-0.4, -0.2) is 6.54 Å². The third-order valence-electron chi connectivity index (χ3n) is 3.12. The van der Waals surface area contributed by atoms with Crippen LogP contribution in [0.4, 0.5) is 0 Å². The standard InChI is InChI=1S/C13H17BrClN/c1-13(2,3)12-11-8(6-7-16-12)10(15)5-4-9(11)14/h4-5,12,16H,6-7H2,1-3H3. The lowest BCUT2D eigenvalue weighted by Crippen LogP contribution is -2.38. The second-order valence-corrected chi connectivity index (χ2v) is 6.69. The van der Waals surface area contributed by atoms with E-state index in [1.807, 2.05) is 12.1 Å². The van der Waals surface area contributed by atoms with E-state index in [9.17, 15) is 0 Å². The molecule has 1 aromatic carbocycles. The smallest absolute Gasteiger partial charge is 0.0442 e. The van der Waals surface area contributed by atoms with Gasteiger partial charge in [-0.3, -0.25) is 0 Å². The van der Waals surface area contributed by atoms with Crippen LogP contribution >= 0.6 is 27.5 Å². The second-order valence-electron chi connectivity index (χ2n) is 5.42. The maximum absolute atomic E-state index is 6.28. The summed E-state index contributed by atoms with van der Waals surface area (Å²) in [6.07, 6.45) is 1.01. The van der Waals surface area contributed by atoms with Crippen LogP contribution in [0.3, 0.4) is 0 Å². The lowest BCUT2D eigenvalue weighted by molar-refractivity contribution is 0.263. The Morgan fingerprint density at radius 3 is 2.69 bits per heavy atom. The predicted molar refractivity (Wildman–Crippen MR) is 73.1 cm³/mol. The first-order chi connectivity index (χ1) is 7.41. The molecule has 0 amide bonds. The van der Waals surface area contributed by atoms with Gasteiger partial charge in [0, 0.05) is 15.5 Å². The van der Waals surface area contributed by atoms with Crippen LogP contribution in [0.25, 0.3) is 0 Å². The molecule has 0 radical (unpaired) electrons. The summed E-state index contributed by atoms with van der Waals surface area (Å²) < 4.78 is 1.17. The van der Waals surface area contributed by atoms with E-state index in [1.165, 1.54) is 15.6 Å². The van der Waals surface area contributed by atoms with Crippen molar-refractivity contribution in [3.05, 3.63) is 32.8 Å². The molecular weight excluding hydrogens is 286 g/mol. The molecule has 0 aromatic heterocycles. The van der Waals surface area contributed by atoms with E-state index in [-0.39, 0.29) is 5.41 Å². The number of fused-ring (bicyclic) bond motifs is 1. The van der Waals surface area contributed by atoms with Gasteiger partial charge in [0.25, 0.3) is 0 Å². The Balaban J connectivity index is 2.58. The highest BCUT2D eigenvalue weighted by Crippen LogP contribution is 2.42. The van der Waals surface area contributed by atoms with Gasteiger partial charge in [0.2, 0.25) is 0 Å². The molecule has 0 fully saturated rings. The van der Waals surface area contributed by atoms with Gasteiger partial charge in [0.1, 0.15) is 0 Å². The zero-order valence-corrected chi connectivity index (χ0v) is 12.2. The topological polar surface area (TPSA) is 12.0 Å². The Hall–Kier alpha value is -0.0500. The molecule has 16 heavy (non-hydrogen) atoms. The first-order valence-corrected chi connectivity index (χ1v) is 6.78. The van der Waals surface area contributed by atoms with E-state index in [1.54, 1.807) is 0 Å². The van der Waals surface area contributed by atoms with Gasteiger partial charge in [-0.15, -0.1) is 0 Å². The van der Waals surface area contributed by atoms with Gasteiger partial charge in [-0.2, -0.15) is 0 Å². The first-order valence-electron chi connectivity index (χ1n) is 5.61. The molecule has 1 aromatic rings. The zero-order valence-electron chi connectivity index (χ0n) is 9.90. The van der Waals surface area contributed by atoms with Crippen molar-refractivity contribution >= 4 is 27.5 Å². The minimum Gasteiger partial charge on any atom is -0.309 e. The molecule has 88 valence electrons. The van der Waals surface area contributed by atoms with Gasteiger partial charge in [-0.05, 0) is 41.6 Å². The summed E-state index contributed by atoms with van der Waals surface area (Å²) in [7, 11) is 0. The number of hydrogen-bond acceptors (Lipinski definition) is 1. The van der Waals surface area contributed by atoms with Crippen molar-refractivity contribution in [3.63, 3.8) is 0 Å². The number of benzene rings is 1. The van der Waals surface area contributed by atoms with Crippen molar-refractivity contribution in [3.8, 4) is 0 Å². The van der Waals surface area contributed by atoms with Crippen LogP contribution in [0.5, 0.6) is 0 Å². The van der Waals surface area contributed by atoms with E-state index in [0.717, 1.165) is 18.0 Å². The van der Waals surface area contributed by atoms with E-state index in [4.69, 9.17) is 11.6 Å². The van der Waals surface area contributed by atoms with Crippen molar-refractivity contribution in [2.45, 2.75) is 33.2 Å². The lowest BCUT2D eigenvalue weighted by atomic mass is 9.78. The normalized spacial score (nSPS) is 20.7. The van der Waals surface area contributed by atoms with Crippen LogP contribution in [-0.2, 0) is 6.42 Å². The number of rotatable bonds is 0. The number of halogens is 2. The van der Waals surface area contributed by atoms with Crippen molar-refractivity contribution < 1.29 is 0 Å². The fourth-order valence-electron chi connectivity index (χ4n) is 2.36. The Bertz CT molecular complexity index is 409. The largest absolute Gasteiger partial charge is 0.309 e. The van der Waals surface area contributed by atoms with Gasteiger partial charge in [-0.25, -0.2) is 0 Å². The summed E-state index contributed by atoms with van der Waals surface area (Å²) in [5.41, 5.74) is 2.84. The molecule has 1 aliphatic rings. The second kappa shape index (κ2) is 4.32. The first kappa shape index (κ1) is 12.4. The highest BCUT2D eigenvalue weighted by Gasteiger charge is 2.32. The van der Waals surface area contributed by atoms with Crippen molar-refractivity contribution in [2.24, 2.45) is 5.41 Å². The van der Waals surface area contributed by atoms with Gasteiger partial charge in [0.15, 0.2) is 0 Å². The predicted octanol–water partition coefficient (Wildman–Crippen LogP) is 4.34. The summed E-state index contributed by atoms with van der Waals surface area (Å²) >= 11 is 9.93. The van der Waals surface area contributed by atoms with Gasteiger partial charge < -0.3 is 5.32 Å². The number of nitrogens with one attached hydrogen (secondary N) is 1. The molecule has 2 rings (SSSR count). The molecule has 1 nitrogen and oxygen atoms in total. The molecule has 1 aliphatic heterocycles. The molecule has 0 saturated carbocycles. The Morgan fingerprint density at radius 1 is 1.38 bits per heavy atom. The van der Waals surface area contributed by atoms with Crippen LogP contribution < -0.4 is 5.32 Å². The highest BCUT2D eigenvalue weighted by molar-refractivity contribution is 9.10. The molecule has 1 atom stereocenters. The molecule has 1 unspecified atom stereocenters. The summed E-state index contributed by atoms with van der Waals surface area (Å²) in [6.45, 7) is 7.78. The SMILES string of the molecule is CC(C)(C)C1NCCc2c(Cl)ccc(Br)c21. The summed E-state index contributed by atoms with van der Waals surface area (Å²) in [5, 5.41) is 4.49. The molecule has 0 saturated heterocycles. The highest BCUT2D eigenvalue weighted by atomic mass is 79.9. The maximum atomic E-state index is 6.28. The third kappa shape index (κ3) is 2.15. The summed E-state index contributed by atoms with van der Waals surface area (Å²) in [5.74, 6) is 0. The van der Waals surface area contributed by atoms with Gasteiger partial charge >= 0.3 is 0 Å². The minimum absolute atomic E-state index is 0.197. The maximum Gasteiger partial charge on any atom is 0.0442 e. The molecule has 0 bridgehead atoms. The molecule has 1 N–H and O–H groups in total. The molecular formula is C13H17BrClN. The Morgan fingerprint density at radius 2 is 2.06 bits per heavy atom.